The summed E-state index contributed by atoms with van der Waals surface area (Å²) in [5.41, 5.74) is 1.11. The van der Waals surface area contributed by atoms with Crippen LogP contribution in [-0.2, 0) is 4.79 Å². The largest absolute Gasteiger partial charge is 0.358 e. The topological polar surface area (TPSA) is 41.1 Å². The molecule has 1 aromatic rings. The van der Waals surface area contributed by atoms with E-state index in [1.54, 1.807) is 7.05 Å². The normalized spacial score (nSPS) is 14.2. The second kappa shape index (κ2) is 5.87. The molecule has 0 bridgehead atoms. The quantitative estimate of drug-likeness (QED) is 0.847. The summed E-state index contributed by atoms with van der Waals surface area (Å²) >= 11 is 5.81. The molecular formula is C12H17ClN2O. The third-order valence-electron chi connectivity index (χ3n) is 2.51. The highest BCUT2D eigenvalue weighted by molar-refractivity contribution is 6.30. The van der Waals surface area contributed by atoms with E-state index in [0.29, 0.717) is 0 Å². The molecule has 0 spiro atoms. The Kier molecular flexibility index (Phi) is 4.77. The van der Waals surface area contributed by atoms with Crippen molar-refractivity contribution in [3.8, 4) is 0 Å². The van der Waals surface area contributed by atoms with E-state index in [4.69, 9.17) is 11.6 Å². The van der Waals surface area contributed by atoms with Crippen molar-refractivity contribution in [2.24, 2.45) is 0 Å². The lowest BCUT2D eigenvalue weighted by Gasteiger charge is -2.19. The Labute approximate surface area is 101 Å². The van der Waals surface area contributed by atoms with Crippen LogP contribution in [0.1, 0.15) is 25.5 Å². The van der Waals surface area contributed by atoms with Crippen LogP contribution in [-0.4, -0.2) is 19.0 Å². The molecule has 0 aliphatic carbocycles. The summed E-state index contributed by atoms with van der Waals surface area (Å²) < 4.78 is 0. The molecule has 0 heterocycles. The van der Waals surface area contributed by atoms with Crippen molar-refractivity contribution in [2.75, 3.05) is 7.05 Å². The number of likely N-dealkylation sites (N-methyl/N-ethyl adjacent to an activating group) is 1. The Morgan fingerprint density at radius 3 is 2.31 bits per heavy atom. The van der Waals surface area contributed by atoms with Gasteiger partial charge in [0, 0.05) is 18.1 Å². The fourth-order valence-electron chi connectivity index (χ4n) is 1.51. The molecule has 0 aliphatic heterocycles. The molecule has 88 valence electrons. The molecule has 2 N–H and O–H groups in total. The van der Waals surface area contributed by atoms with Gasteiger partial charge in [-0.15, -0.1) is 0 Å². The molecule has 0 fully saturated rings. The van der Waals surface area contributed by atoms with Crippen LogP contribution >= 0.6 is 11.6 Å². The summed E-state index contributed by atoms with van der Waals surface area (Å²) in [5, 5.41) is 6.54. The zero-order chi connectivity index (χ0) is 12.1. The zero-order valence-corrected chi connectivity index (χ0v) is 10.5. The number of carbonyl (C=O) groups excluding carboxylic acids is 1. The number of carbonyl (C=O) groups is 1. The average molecular weight is 241 g/mol. The maximum atomic E-state index is 11.3. The number of rotatable bonds is 4. The maximum absolute atomic E-state index is 11.3. The molecule has 0 saturated heterocycles. The molecule has 0 unspecified atom stereocenters. The standard InChI is InChI=1S/C12H17ClN2O/c1-8(15-9(2)12(16)14-3)10-4-6-11(13)7-5-10/h4-9,15H,1-3H3,(H,14,16)/t8-,9-/m0/s1. The van der Waals surface area contributed by atoms with Crippen molar-refractivity contribution in [3.05, 3.63) is 34.9 Å². The molecule has 1 aromatic carbocycles. The van der Waals surface area contributed by atoms with Gasteiger partial charge in [-0.3, -0.25) is 10.1 Å². The number of halogens is 1. The van der Waals surface area contributed by atoms with Crippen molar-refractivity contribution in [1.82, 2.24) is 10.6 Å². The molecule has 2 atom stereocenters. The van der Waals surface area contributed by atoms with Crippen molar-refractivity contribution < 1.29 is 4.79 Å². The summed E-state index contributed by atoms with van der Waals surface area (Å²) in [5.74, 6) is -0.0131. The number of benzene rings is 1. The van der Waals surface area contributed by atoms with Crippen LogP contribution in [0.5, 0.6) is 0 Å². The molecule has 0 radical (unpaired) electrons. The van der Waals surface area contributed by atoms with Crippen molar-refractivity contribution in [3.63, 3.8) is 0 Å². The molecule has 4 heteroatoms. The van der Waals surface area contributed by atoms with Gasteiger partial charge in [0.15, 0.2) is 0 Å². The van der Waals surface area contributed by atoms with Gasteiger partial charge < -0.3 is 5.32 Å². The number of amides is 1. The highest BCUT2D eigenvalue weighted by Gasteiger charge is 2.14. The van der Waals surface area contributed by atoms with Crippen LogP contribution in [0.3, 0.4) is 0 Å². The molecular weight excluding hydrogens is 224 g/mol. The lowest BCUT2D eigenvalue weighted by molar-refractivity contribution is -0.122. The number of hydrogen-bond acceptors (Lipinski definition) is 2. The van der Waals surface area contributed by atoms with Crippen molar-refractivity contribution in [1.29, 1.82) is 0 Å². The van der Waals surface area contributed by atoms with Gasteiger partial charge >= 0.3 is 0 Å². The minimum Gasteiger partial charge on any atom is -0.358 e. The van der Waals surface area contributed by atoms with Gasteiger partial charge in [-0.05, 0) is 31.5 Å². The highest BCUT2D eigenvalue weighted by Crippen LogP contribution is 2.16. The Morgan fingerprint density at radius 1 is 1.25 bits per heavy atom. The maximum Gasteiger partial charge on any atom is 0.236 e. The molecule has 0 aliphatic rings. The van der Waals surface area contributed by atoms with E-state index >= 15 is 0 Å². The molecule has 16 heavy (non-hydrogen) atoms. The van der Waals surface area contributed by atoms with Crippen LogP contribution in [0.15, 0.2) is 24.3 Å². The first-order valence-electron chi connectivity index (χ1n) is 5.27. The second-order valence-electron chi connectivity index (χ2n) is 3.78. The Morgan fingerprint density at radius 2 is 1.81 bits per heavy atom. The van der Waals surface area contributed by atoms with Crippen LogP contribution in [0.2, 0.25) is 5.02 Å². The lowest BCUT2D eigenvalue weighted by Crippen LogP contribution is -2.41. The molecule has 0 aromatic heterocycles. The van der Waals surface area contributed by atoms with E-state index in [2.05, 4.69) is 10.6 Å². The Balaban J connectivity index is 2.61. The number of hydrogen-bond donors (Lipinski definition) is 2. The van der Waals surface area contributed by atoms with Crippen LogP contribution < -0.4 is 10.6 Å². The first-order valence-corrected chi connectivity index (χ1v) is 5.65. The summed E-state index contributed by atoms with van der Waals surface area (Å²) in [4.78, 5) is 11.3. The third-order valence-corrected chi connectivity index (χ3v) is 2.76. The Hall–Kier alpha value is -1.06. The minimum atomic E-state index is -0.212. The SMILES string of the molecule is CNC(=O)[C@H](C)N[C@@H](C)c1ccc(Cl)cc1. The third kappa shape index (κ3) is 3.51. The smallest absolute Gasteiger partial charge is 0.236 e. The summed E-state index contributed by atoms with van der Waals surface area (Å²) in [6.45, 7) is 3.86. The van der Waals surface area contributed by atoms with Gasteiger partial charge in [-0.2, -0.15) is 0 Å². The summed E-state index contributed by atoms with van der Waals surface area (Å²) in [6.07, 6.45) is 0. The average Bonchev–Trinajstić information content (AvgIpc) is 2.28. The van der Waals surface area contributed by atoms with Gasteiger partial charge in [0.2, 0.25) is 5.91 Å². The predicted molar refractivity (Wildman–Crippen MR) is 66.5 cm³/mol. The number of nitrogens with one attached hydrogen (secondary N) is 2. The molecule has 0 saturated carbocycles. The molecule has 1 amide bonds. The lowest BCUT2D eigenvalue weighted by atomic mass is 10.1. The minimum absolute atomic E-state index is 0.0131. The Bertz CT molecular complexity index is 351. The summed E-state index contributed by atoms with van der Waals surface area (Å²) in [7, 11) is 1.63. The monoisotopic (exact) mass is 240 g/mol. The molecule has 3 nitrogen and oxygen atoms in total. The first kappa shape index (κ1) is 13.0. The zero-order valence-electron chi connectivity index (χ0n) is 9.75. The van der Waals surface area contributed by atoms with Gasteiger partial charge in [0.1, 0.15) is 0 Å². The van der Waals surface area contributed by atoms with Crippen molar-refractivity contribution in [2.45, 2.75) is 25.9 Å². The van der Waals surface area contributed by atoms with Crippen LogP contribution in [0, 0.1) is 0 Å². The first-order chi connectivity index (χ1) is 7.54. The summed E-state index contributed by atoms with van der Waals surface area (Å²) in [6, 6.07) is 7.51. The fraction of sp³-hybridized carbons (Fsp3) is 0.417. The van der Waals surface area contributed by atoms with Gasteiger partial charge in [-0.1, -0.05) is 23.7 Å². The van der Waals surface area contributed by atoms with Crippen LogP contribution in [0.25, 0.3) is 0 Å². The van der Waals surface area contributed by atoms with E-state index in [-0.39, 0.29) is 18.0 Å². The van der Waals surface area contributed by atoms with E-state index in [1.807, 2.05) is 38.1 Å². The van der Waals surface area contributed by atoms with E-state index in [1.165, 1.54) is 0 Å². The second-order valence-corrected chi connectivity index (χ2v) is 4.21. The van der Waals surface area contributed by atoms with Gasteiger partial charge in [-0.25, -0.2) is 0 Å². The van der Waals surface area contributed by atoms with Crippen LogP contribution in [0.4, 0.5) is 0 Å². The molecule has 1 rings (SSSR count). The highest BCUT2D eigenvalue weighted by atomic mass is 35.5. The van der Waals surface area contributed by atoms with Gasteiger partial charge in [0.05, 0.1) is 6.04 Å². The van der Waals surface area contributed by atoms with E-state index in [0.717, 1.165) is 10.6 Å². The van der Waals surface area contributed by atoms with E-state index in [9.17, 15) is 4.79 Å². The van der Waals surface area contributed by atoms with Crippen molar-refractivity contribution >= 4 is 17.5 Å². The van der Waals surface area contributed by atoms with Gasteiger partial charge in [0.25, 0.3) is 0 Å². The fourth-order valence-corrected chi connectivity index (χ4v) is 1.64. The van der Waals surface area contributed by atoms with E-state index < -0.39 is 0 Å². The predicted octanol–water partition coefficient (Wildman–Crippen LogP) is 2.13.